The van der Waals surface area contributed by atoms with E-state index in [0.29, 0.717) is 5.96 Å². The van der Waals surface area contributed by atoms with E-state index >= 15 is 0 Å². The van der Waals surface area contributed by atoms with Crippen molar-refractivity contribution < 1.29 is 0 Å². The molecule has 6 heteroatoms. The summed E-state index contributed by atoms with van der Waals surface area (Å²) in [6.07, 6.45) is 4.88. The first-order chi connectivity index (χ1) is 9.45. The Labute approximate surface area is 149 Å². The van der Waals surface area contributed by atoms with E-state index in [2.05, 4.69) is 41.4 Å². The quantitative estimate of drug-likeness (QED) is 0.435. The van der Waals surface area contributed by atoms with Crippen LogP contribution in [0.5, 0.6) is 0 Å². The molecule has 21 heavy (non-hydrogen) atoms. The summed E-state index contributed by atoms with van der Waals surface area (Å²) >= 11 is 1.73. The molecule has 0 spiro atoms. The SMILES string of the molecule is CC(C)(C)c1csc(CCNC(N)=NCC2CCC2)n1.I. The molecule has 1 heterocycles. The molecule has 0 aromatic carbocycles. The van der Waals surface area contributed by atoms with Crippen LogP contribution in [-0.4, -0.2) is 24.0 Å². The maximum atomic E-state index is 5.86. The summed E-state index contributed by atoms with van der Waals surface area (Å²) < 4.78 is 0. The molecule has 120 valence electrons. The van der Waals surface area contributed by atoms with Gasteiger partial charge in [0.15, 0.2) is 5.96 Å². The molecule has 0 unspecified atom stereocenters. The van der Waals surface area contributed by atoms with Gasteiger partial charge >= 0.3 is 0 Å². The second-order valence-electron chi connectivity index (χ2n) is 6.58. The van der Waals surface area contributed by atoms with Gasteiger partial charge in [-0.05, 0) is 18.8 Å². The fraction of sp³-hybridized carbons (Fsp3) is 0.733. The topological polar surface area (TPSA) is 63.3 Å². The highest BCUT2D eigenvalue weighted by Crippen LogP contribution is 2.26. The number of aliphatic imine (C=N–C) groups is 1. The first-order valence-corrected chi connectivity index (χ1v) is 8.32. The van der Waals surface area contributed by atoms with E-state index in [0.717, 1.165) is 30.4 Å². The van der Waals surface area contributed by atoms with Crippen molar-refractivity contribution in [2.75, 3.05) is 13.1 Å². The molecule has 0 radical (unpaired) electrons. The molecule has 1 aromatic heterocycles. The van der Waals surface area contributed by atoms with Crippen molar-refractivity contribution in [3.05, 3.63) is 16.1 Å². The van der Waals surface area contributed by atoms with Crippen LogP contribution in [0.3, 0.4) is 0 Å². The molecule has 0 atom stereocenters. The number of nitrogens with two attached hydrogens (primary N) is 1. The fourth-order valence-corrected chi connectivity index (χ4v) is 3.05. The Bertz CT molecular complexity index is 460. The zero-order valence-electron chi connectivity index (χ0n) is 13.2. The maximum absolute atomic E-state index is 5.86. The third-order valence-electron chi connectivity index (χ3n) is 3.71. The average Bonchev–Trinajstić information content (AvgIpc) is 2.75. The number of nitrogens with one attached hydrogen (secondary N) is 1. The van der Waals surface area contributed by atoms with Gasteiger partial charge in [-0.2, -0.15) is 0 Å². The summed E-state index contributed by atoms with van der Waals surface area (Å²) in [5.74, 6) is 1.34. The smallest absolute Gasteiger partial charge is 0.188 e. The van der Waals surface area contributed by atoms with Crippen LogP contribution in [0.4, 0.5) is 0 Å². The number of thiazole rings is 1. The molecule has 1 fully saturated rings. The molecule has 0 saturated heterocycles. The largest absolute Gasteiger partial charge is 0.370 e. The van der Waals surface area contributed by atoms with Crippen LogP contribution in [0.2, 0.25) is 0 Å². The monoisotopic (exact) mass is 422 g/mol. The van der Waals surface area contributed by atoms with Gasteiger partial charge in [0.25, 0.3) is 0 Å². The molecule has 0 aliphatic heterocycles. The van der Waals surface area contributed by atoms with Crippen LogP contribution in [-0.2, 0) is 11.8 Å². The Morgan fingerprint density at radius 2 is 2.19 bits per heavy atom. The zero-order valence-corrected chi connectivity index (χ0v) is 16.3. The Balaban J connectivity index is 0.00000220. The number of halogens is 1. The summed E-state index contributed by atoms with van der Waals surface area (Å²) in [6, 6.07) is 0. The van der Waals surface area contributed by atoms with E-state index < -0.39 is 0 Å². The Morgan fingerprint density at radius 1 is 1.48 bits per heavy atom. The molecule has 0 bridgehead atoms. The number of aromatic nitrogens is 1. The Morgan fingerprint density at radius 3 is 2.71 bits per heavy atom. The zero-order chi connectivity index (χ0) is 14.6. The summed E-state index contributed by atoms with van der Waals surface area (Å²) in [5, 5.41) is 6.49. The highest BCUT2D eigenvalue weighted by atomic mass is 127. The Kier molecular flexibility index (Phi) is 7.39. The molecule has 4 nitrogen and oxygen atoms in total. The average molecular weight is 422 g/mol. The van der Waals surface area contributed by atoms with Crippen LogP contribution in [0.15, 0.2) is 10.4 Å². The predicted octanol–water partition coefficient (Wildman–Crippen LogP) is 3.31. The molecule has 1 saturated carbocycles. The Hall–Kier alpha value is -0.370. The maximum Gasteiger partial charge on any atom is 0.188 e. The number of hydrogen-bond acceptors (Lipinski definition) is 3. The van der Waals surface area contributed by atoms with Crippen LogP contribution in [0, 0.1) is 5.92 Å². The van der Waals surface area contributed by atoms with Gasteiger partial charge in [-0.3, -0.25) is 4.99 Å². The first kappa shape index (κ1) is 18.7. The van der Waals surface area contributed by atoms with Crippen molar-refractivity contribution in [2.24, 2.45) is 16.6 Å². The van der Waals surface area contributed by atoms with Crippen LogP contribution >= 0.6 is 35.3 Å². The van der Waals surface area contributed by atoms with Crippen LogP contribution in [0.1, 0.15) is 50.7 Å². The molecular formula is C15H27IN4S. The third kappa shape index (κ3) is 6.10. The molecule has 1 aliphatic rings. The van der Waals surface area contributed by atoms with Gasteiger partial charge in [-0.15, -0.1) is 35.3 Å². The lowest BCUT2D eigenvalue weighted by molar-refractivity contribution is 0.326. The van der Waals surface area contributed by atoms with Gasteiger partial charge < -0.3 is 11.1 Å². The van der Waals surface area contributed by atoms with Gasteiger partial charge in [0.05, 0.1) is 10.7 Å². The van der Waals surface area contributed by atoms with Gasteiger partial charge in [-0.25, -0.2) is 4.98 Å². The molecule has 2 rings (SSSR count). The number of guanidine groups is 1. The molecular weight excluding hydrogens is 395 g/mol. The molecule has 3 N–H and O–H groups in total. The molecule has 0 amide bonds. The lowest BCUT2D eigenvalue weighted by atomic mass is 9.86. The van der Waals surface area contributed by atoms with Crippen molar-refractivity contribution >= 4 is 41.3 Å². The predicted molar refractivity (Wildman–Crippen MR) is 102 cm³/mol. The number of rotatable bonds is 5. The number of nitrogens with zero attached hydrogens (tertiary/aromatic N) is 2. The molecule has 1 aromatic rings. The lowest BCUT2D eigenvalue weighted by Crippen LogP contribution is -2.34. The minimum Gasteiger partial charge on any atom is -0.370 e. The fourth-order valence-electron chi connectivity index (χ4n) is 2.03. The normalized spacial score (nSPS) is 16.2. The third-order valence-corrected chi connectivity index (χ3v) is 4.62. The molecule has 1 aliphatic carbocycles. The van der Waals surface area contributed by atoms with Crippen LogP contribution < -0.4 is 11.1 Å². The highest BCUT2D eigenvalue weighted by molar-refractivity contribution is 14.0. The standard InChI is InChI=1S/C15H26N4S.HI/c1-15(2,3)12-10-20-13(19-12)7-8-17-14(16)18-9-11-5-4-6-11;/h10-11H,4-9H2,1-3H3,(H3,16,17,18);1H. The van der Waals surface area contributed by atoms with E-state index in [1.165, 1.54) is 25.0 Å². The summed E-state index contributed by atoms with van der Waals surface area (Å²) in [7, 11) is 0. The van der Waals surface area contributed by atoms with Crippen molar-refractivity contribution in [3.63, 3.8) is 0 Å². The van der Waals surface area contributed by atoms with E-state index in [9.17, 15) is 0 Å². The summed E-state index contributed by atoms with van der Waals surface area (Å²) in [5.41, 5.74) is 7.16. The second kappa shape index (κ2) is 8.31. The number of hydrogen-bond donors (Lipinski definition) is 2. The van der Waals surface area contributed by atoms with Crippen molar-refractivity contribution in [3.8, 4) is 0 Å². The van der Waals surface area contributed by atoms with Crippen molar-refractivity contribution in [1.29, 1.82) is 0 Å². The van der Waals surface area contributed by atoms with Crippen LogP contribution in [0.25, 0.3) is 0 Å². The minimum absolute atomic E-state index is 0. The van der Waals surface area contributed by atoms with Crippen molar-refractivity contribution in [2.45, 2.75) is 51.9 Å². The second-order valence-corrected chi connectivity index (χ2v) is 7.52. The minimum atomic E-state index is 0. The van der Waals surface area contributed by atoms with Crippen molar-refractivity contribution in [1.82, 2.24) is 10.3 Å². The lowest BCUT2D eigenvalue weighted by Gasteiger charge is -2.23. The first-order valence-electron chi connectivity index (χ1n) is 7.44. The van der Waals surface area contributed by atoms with Gasteiger partial charge in [0, 0.05) is 30.3 Å². The van der Waals surface area contributed by atoms with Gasteiger partial charge in [0.2, 0.25) is 0 Å². The summed E-state index contributed by atoms with van der Waals surface area (Å²) in [6.45, 7) is 8.25. The van der Waals surface area contributed by atoms with Gasteiger partial charge in [-0.1, -0.05) is 27.2 Å². The van der Waals surface area contributed by atoms with E-state index in [1.54, 1.807) is 11.3 Å². The summed E-state index contributed by atoms with van der Waals surface area (Å²) in [4.78, 5) is 9.06. The van der Waals surface area contributed by atoms with E-state index in [4.69, 9.17) is 5.73 Å². The van der Waals surface area contributed by atoms with E-state index in [-0.39, 0.29) is 29.4 Å². The van der Waals surface area contributed by atoms with Gasteiger partial charge in [0.1, 0.15) is 0 Å². The van der Waals surface area contributed by atoms with E-state index in [1.807, 2.05) is 0 Å². The highest BCUT2D eigenvalue weighted by Gasteiger charge is 2.17.